The van der Waals surface area contributed by atoms with E-state index in [0.717, 1.165) is 35.1 Å². The Morgan fingerprint density at radius 3 is 2.18 bits per heavy atom. The molecule has 0 radical (unpaired) electrons. The lowest BCUT2D eigenvalue weighted by Gasteiger charge is -2.45. The minimum absolute atomic E-state index is 0.0537. The number of hydrogen-bond acceptors (Lipinski definition) is 2. The van der Waals surface area contributed by atoms with Crippen molar-refractivity contribution in [3.8, 4) is 0 Å². The maximum absolute atomic E-state index is 11.9. The number of carboxylic acids is 2. The van der Waals surface area contributed by atoms with Crippen molar-refractivity contribution in [1.82, 2.24) is 0 Å². The molecule has 2 N–H and O–H groups in total. The van der Waals surface area contributed by atoms with Crippen molar-refractivity contribution in [3.05, 3.63) is 70.3 Å². The topological polar surface area (TPSA) is 74.6 Å². The van der Waals surface area contributed by atoms with Gasteiger partial charge >= 0.3 is 11.9 Å². The molecular weight excluding hydrogens is 352 g/mol. The third-order valence-electron chi connectivity index (χ3n) is 6.62. The fraction of sp³-hybridized carbons (Fsp3) is 0.417. The van der Waals surface area contributed by atoms with Gasteiger partial charge in [0.1, 0.15) is 0 Å². The molecule has 4 heteroatoms. The molecule has 2 aromatic rings. The quantitative estimate of drug-likeness (QED) is 0.727. The molecule has 28 heavy (non-hydrogen) atoms. The van der Waals surface area contributed by atoms with Crippen LogP contribution in [0.3, 0.4) is 0 Å². The van der Waals surface area contributed by atoms with Crippen LogP contribution in [-0.4, -0.2) is 22.2 Å². The summed E-state index contributed by atoms with van der Waals surface area (Å²) in [5, 5.41) is 19.4. The Morgan fingerprint density at radius 1 is 1.04 bits per heavy atom. The molecule has 2 atom stereocenters. The van der Waals surface area contributed by atoms with E-state index in [-0.39, 0.29) is 17.8 Å². The van der Waals surface area contributed by atoms with Gasteiger partial charge in [-0.2, -0.15) is 0 Å². The standard InChI is InChI=1S/C24H28O4/c1-15-5-8-18(9-6-15)23(3)12-11-17-13-16(2)7-10-19(17)20(23)14-24(4,21(25)26)22(27)28/h5-10,13,20H,11-12,14H2,1-4H3,(H,25,26)(H,27,28). The highest BCUT2D eigenvalue weighted by molar-refractivity contribution is 5.97. The lowest BCUT2D eigenvalue weighted by molar-refractivity contribution is -0.164. The van der Waals surface area contributed by atoms with Gasteiger partial charge in [0.2, 0.25) is 0 Å². The molecule has 0 heterocycles. The molecule has 148 valence electrons. The normalized spacial score (nSPS) is 21.8. The van der Waals surface area contributed by atoms with E-state index in [1.54, 1.807) is 0 Å². The number of carboxylic acid groups (broad SMARTS) is 2. The Kier molecular flexibility index (Phi) is 5.09. The Labute approximate surface area is 166 Å². The molecule has 3 rings (SSSR count). The Balaban J connectivity index is 2.17. The van der Waals surface area contributed by atoms with Crippen LogP contribution in [0.1, 0.15) is 60.4 Å². The second-order valence-electron chi connectivity index (χ2n) is 8.68. The number of carbonyl (C=O) groups is 2. The fourth-order valence-corrected chi connectivity index (χ4v) is 4.49. The molecule has 2 unspecified atom stereocenters. The van der Waals surface area contributed by atoms with Crippen molar-refractivity contribution < 1.29 is 19.8 Å². The second-order valence-corrected chi connectivity index (χ2v) is 8.68. The molecule has 1 aliphatic carbocycles. The number of hydrogen-bond donors (Lipinski definition) is 2. The van der Waals surface area contributed by atoms with Gasteiger partial charge in [-0.15, -0.1) is 0 Å². The predicted molar refractivity (Wildman–Crippen MR) is 109 cm³/mol. The summed E-state index contributed by atoms with van der Waals surface area (Å²) in [5.41, 5.74) is 3.57. The molecule has 0 spiro atoms. The highest BCUT2D eigenvalue weighted by Crippen LogP contribution is 2.52. The lowest BCUT2D eigenvalue weighted by atomic mass is 9.58. The van der Waals surface area contributed by atoms with Crippen LogP contribution in [0.25, 0.3) is 0 Å². The third kappa shape index (κ3) is 3.32. The van der Waals surface area contributed by atoms with E-state index in [0.29, 0.717) is 0 Å². The predicted octanol–water partition coefficient (Wildman–Crippen LogP) is 4.86. The van der Waals surface area contributed by atoms with Crippen LogP contribution in [0.15, 0.2) is 42.5 Å². The van der Waals surface area contributed by atoms with Crippen molar-refractivity contribution in [3.63, 3.8) is 0 Å². The Hall–Kier alpha value is -2.62. The molecule has 1 aliphatic rings. The van der Waals surface area contributed by atoms with Crippen LogP contribution < -0.4 is 0 Å². The number of benzene rings is 2. The van der Waals surface area contributed by atoms with E-state index in [9.17, 15) is 19.8 Å². The molecule has 0 amide bonds. The van der Waals surface area contributed by atoms with Crippen molar-refractivity contribution in [2.45, 2.75) is 58.3 Å². The molecule has 0 saturated carbocycles. The minimum Gasteiger partial charge on any atom is -0.480 e. The first kappa shape index (κ1) is 20.1. The van der Waals surface area contributed by atoms with E-state index >= 15 is 0 Å². The highest BCUT2D eigenvalue weighted by atomic mass is 16.4. The van der Waals surface area contributed by atoms with E-state index in [2.05, 4.69) is 43.3 Å². The monoisotopic (exact) mass is 380 g/mol. The van der Waals surface area contributed by atoms with Crippen molar-refractivity contribution in [2.75, 3.05) is 0 Å². The van der Waals surface area contributed by atoms with Crippen molar-refractivity contribution in [1.29, 1.82) is 0 Å². The van der Waals surface area contributed by atoms with Crippen LogP contribution in [0.4, 0.5) is 0 Å². The van der Waals surface area contributed by atoms with Gasteiger partial charge in [0.15, 0.2) is 5.41 Å². The van der Waals surface area contributed by atoms with Gasteiger partial charge in [-0.05, 0) is 68.1 Å². The van der Waals surface area contributed by atoms with E-state index in [4.69, 9.17) is 0 Å². The lowest BCUT2D eigenvalue weighted by Crippen LogP contribution is -2.43. The summed E-state index contributed by atoms with van der Waals surface area (Å²) in [5.74, 6) is -2.77. The molecule has 0 bridgehead atoms. The first-order valence-corrected chi connectivity index (χ1v) is 9.71. The number of aryl methyl sites for hydroxylation is 3. The smallest absolute Gasteiger partial charge is 0.320 e. The van der Waals surface area contributed by atoms with Crippen molar-refractivity contribution >= 4 is 11.9 Å². The van der Waals surface area contributed by atoms with Crippen LogP contribution >= 0.6 is 0 Å². The van der Waals surface area contributed by atoms with Crippen LogP contribution in [0, 0.1) is 19.3 Å². The van der Waals surface area contributed by atoms with Gasteiger partial charge in [0.25, 0.3) is 0 Å². The fourth-order valence-electron chi connectivity index (χ4n) is 4.49. The van der Waals surface area contributed by atoms with Gasteiger partial charge in [-0.1, -0.05) is 60.5 Å². The Morgan fingerprint density at radius 2 is 1.61 bits per heavy atom. The second kappa shape index (κ2) is 7.08. The summed E-state index contributed by atoms with van der Waals surface area (Å²) in [4.78, 5) is 23.8. The van der Waals surface area contributed by atoms with Gasteiger partial charge in [-0.25, -0.2) is 0 Å². The van der Waals surface area contributed by atoms with Gasteiger partial charge in [0.05, 0.1) is 0 Å². The summed E-state index contributed by atoms with van der Waals surface area (Å²) >= 11 is 0. The summed E-state index contributed by atoms with van der Waals surface area (Å²) in [6.07, 6.45) is 1.80. The number of aliphatic carboxylic acids is 2. The average Bonchev–Trinajstić information content (AvgIpc) is 2.64. The summed E-state index contributed by atoms with van der Waals surface area (Å²) < 4.78 is 0. The van der Waals surface area contributed by atoms with Gasteiger partial charge in [-0.3, -0.25) is 9.59 Å². The van der Waals surface area contributed by atoms with E-state index in [1.165, 1.54) is 12.5 Å². The molecule has 4 nitrogen and oxygen atoms in total. The average molecular weight is 380 g/mol. The number of rotatable bonds is 5. The maximum Gasteiger partial charge on any atom is 0.320 e. The minimum atomic E-state index is -1.84. The molecular formula is C24H28O4. The van der Waals surface area contributed by atoms with Gasteiger partial charge < -0.3 is 10.2 Å². The summed E-state index contributed by atoms with van der Waals surface area (Å²) in [7, 11) is 0. The molecule has 0 fully saturated rings. The van der Waals surface area contributed by atoms with Crippen LogP contribution in [0.2, 0.25) is 0 Å². The summed E-state index contributed by atoms with van der Waals surface area (Å²) in [6, 6.07) is 14.6. The molecule has 0 aromatic heterocycles. The first-order chi connectivity index (χ1) is 13.1. The van der Waals surface area contributed by atoms with Crippen LogP contribution in [0.5, 0.6) is 0 Å². The maximum atomic E-state index is 11.9. The Bertz CT molecular complexity index is 899. The zero-order valence-electron chi connectivity index (χ0n) is 17.0. The van der Waals surface area contributed by atoms with Crippen LogP contribution in [-0.2, 0) is 21.4 Å². The summed E-state index contributed by atoms with van der Waals surface area (Å²) in [6.45, 7) is 7.56. The molecule has 0 saturated heterocycles. The highest BCUT2D eigenvalue weighted by Gasteiger charge is 2.50. The molecule has 0 aliphatic heterocycles. The zero-order valence-corrected chi connectivity index (χ0v) is 17.0. The number of fused-ring (bicyclic) bond motifs is 1. The first-order valence-electron chi connectivity index (χ1n) is 9.71. The van der Waals surface area contributed by atoms with E-state index < -0.39 is 17.4 Å². The third-order valence-corrected chi connectivity index (χ3v) is 6.62. The largest absolute Gasteiger partial charge is 0.480 e. The van der Waals surface area contributed by atoms with E-state index in [1.807, 2.05) is 19.9 Å². The van der Waals surface area contributed by atoms with Crippen molar-refractivity contribution in [2.24, 2.45) is 5.41 Å². The SMILES string of the molecule is Cc1ccc(C2(C)CCc3cc(C)ccc3C2CC(C)(C(=O)O)C(=O)O)cc1. The van der Waals surface area contributed by atoms with Gasteiger partial charge in [0, 0.05) is 0 Å². The zero-order chi connectivity index (χ0) is 20.7. The molecule has 2 aromatic carbocycles.